The first-order chi connectivity index (χ1) is 14.0. The maximum Gasteiger partial charge on any atom is 0.319 e. The molecular formula is C21H21FN4O2S. The van der Waals surface area contributed by atoms with Crippen LogP contribution in [0.2, 0.25) is 0 Å². The van der Waals surface area contributed by atoms with E-state index in [0.717, 1.165) is 5.56 Å². The van der Waals surface area contributed by atoms with Crippen molar-refractivity contribution >= 4 is 34.0 Å². The highest BCUT2D eigenvalue weighted by atomic mass is 32.1. The van der Waals surface area contributed by atoms with Crippen LogP contribution in [0.1, 0.15) is 27.2 Å². The number of hydrogen-bond donors (Lipinski definition) is 3. The minimum atomic E-state index is -0.354. The van der Waals surface area contributed by atoms with Gasteiger partial charge in [-0.25, -0.2) is 14.2 Å². The van der Waals surface area contributed by atoms with Crippen LogP contribution in [0.25, 0.3) is 0 Å². The van der Waals surface area contributed by atoms with E-state index in [9.17, 15) is 14.0 Å². The number of amides is 2. The summed E-state index contributed by atoms with van der Waals surface area (Å²) in [5.74, 6) is -0.388. The van der Waals surface area contributed by atoms with Crippen LogP contribution in [0.15, 0.2) is 54.7 Å². The standard InChI is InChI=1S/C21H21FN4O2S/c1-14-5-2-3-6-17(14)19(27)18-13-25-21(29-18)24-12-4-11-23-20(28)26-16-9-7-15(22)8-10-16/h2-3,5-10,13H,4,11-12H2,1H3,(H,24,25)(H2,23,26,28). The van der Waals surface area contributed by atoms with Gasteiger partial charge in [-0.2, -0.15) is 0 Å². The zero-order valence-electron chi connectivity index (χ0n) is 15.9. The molecule has 2 amide bonds. The molecule has 0 spiro atoms. The molecule has 6 nitrogen and oxygen atoms in total. The van der Waals surface area contributed by atoms with E-state index in [1.54, 1.807) is 6.20 Å². The van der Waals surface area contributed by atoms with E-state index >= 15 is 0 Å². The van der Waals surface area contributed by atoms with Crippen molar-refractivity contribution in [1.29, 1.82) is 0 Å². The summed E-state index contributed by atoms with van der Waals surface area (Å²) in [6.45, 7) is 2.97. The van der Waals surface area contributed by atoms with Crippen LogP contribution < -0.4 is 16.0 Å². The quantitative estimate of drug-likeness (QED) is 0.377. The molecule has 0 aliphatic carbocycles. The molecular weight excluding hydrogens is 391 g/mol. The molecule has 1 heterocycles. The summed E-state index contributed by atoms with van der Waals surface area (Å²) in [5.41, 5.74) is 2.14. The Hall–Kier alpha value is -3.26. The van der Waals surface area contributed by atoms with Crippen molar-refractivity contribution in [3.05, 3.63) is 76.5 Å². The highest BCUT2D eigenvalue weighted by Gasteiger charge is 2.14. The van der Waals surface area contributed by atoms with Gasteiger partial charge in [0.1, 0.15) is 5.82 Å². The van der Waals surface area contributed by atoms with Gasteiger partial charge < -0.3 is 16.0 Å². The lowest BCUT2D eigenvalue weighted by atomic mass is 10.0. The summed E-state index contributed by atoms with van der Waals surface area (Å²) in [5, 5.41) is 9.18. The third-order valence-electron chi connectivity index (χ3n) is 4.14. The van der Waals surface area contributed by atoms with Crippen molar-refractivity contribution in [2.75, 3.05) is 23.7 Å². The molecule has 0 saturated carbocycles. The molecule has 3 aromatic rings. The molecule has 29 heavy (non-hydrogen) atoms. The lowest BCUT2D eigenvalue weighted by Gasteiger charge is -2.08. The molecule has 0 radical (unpaired) electrons. The molecule has 150 valence electrons. The Labute approximate surface area is 172 Å². The van der Waals surface area contributed by atoms with E-state index in [2.05, 4.69) is 20.9 Å². The fraction of sp³-hybridized carbons (Fsp3) is 0.190. The number of urea groups is 1. The van der Waals surface area contributed by atoms with Gasteiger partial charge >= 0.3 is 6.03 Å². The molecule has 0 fully saturated rings. The Kier molecular flexibility index (Phi) is 6.91. The molecule has 3 N–H and O–H groups in total. The number of ketones is 1. The normalized spacial score (nSPS) is 10.4. The summed E-state index contributed by atoms with van der Waals surface area (Å²) < 4.78 is 12.8. The number of nitrogens with zero attached hydrogens (tertiary/aromatic N) is 1. The van der Waals surface area contributed by atoms with Crippen LogP contribution in [0.3, 0.4) is 0 Å². The average Bonchev–Trinajstić information content (AvgIpc) is 3.18. The van der Waals surface area contributed by atoms with Crippen molar-refractivity contribution in [2.45, 2.75) is 13.3 Å². The number of halogens is 1. The van der Waals surface area contributed by atoms with E-state index in [-0.39, 0.29) is 17.6 Å². The van der Waals surface area contributed by atoms with Crippen LogP contribution in [0, 0.1) is 12.7 Å². The minimum absolute atomic E-state index is 0.0345. The lowest BCUT2D eigenvalue weighted by molar-refractivity contribution is 0.104. The fourth-order valence-electron chi connectivity index (χ4n) is 2.62. The predicted octanol–water partition coefficient (Wildman–Crippen LogP) is 4.45. The fourth-order valence-corrected chi connectivity index (χ4v) is 3.41. The van der Waals surface area contributed by atoms with Gasteiger partial charge in [-0.1, -0.05) is 35.6 Å². The van der Waals surface area contributed by atoms with Gasteiger partial charge in [-0.05, 0) is 43.2 Å². The van der Waals surface area contributed by atoms with E-state index in [1.807, 2.05) is 31.2 Å². The number of benzene rings is 2. The zero-order chi connectivity index (χ0) is 20.6. The van der Waals surface area contributed by atoms with Crippen LogP contribution >= 0.6 is 11.3 Å². The maximum absolute atomic E-state index is 12.8. The van der Waals surface area contributed by atoms with Crippen LogP contribution in [0.4, 0.5) is 20.0 Å². The van der Waals surface area contributed by atoms with Crippen molar-refractivity contribution in [3.8, 4) is 0 Å². The largest absolute Gasteiger partial charge is 0.361 e. The van der Waals surface area contributed by atoms with Gasteiger partial charge in [0.2, 0.25) is 5.78 Å². The highest BCUT2D eigenvalue weighted by Crippen LogP contribution is 2.22. The summed E-state index contributed by atoms with van der Waals surface area (Å²) in [6, 6.07) is 12.7. The number of anilines is 2. The second kappa shape index (κ2) is 9.79. The van der Waals surface area contributed by atoms with Crippen molar-refractivity contribution in [2.24, 2.45) is 0 Å². The highest BCUT2D eigenvalue weighted by molar-refractivity contribution is 7.17. The third kappa shape index (κ3) is 5.86. The zero-order valence-corrected chi connectivity index (χ0v) is 16.7. The van der Waals surface area contributed by atoms with Gasteiger partial charge in [0.15, 0.2) is 5.13 Å². The van der Waals surface area contributed by atoms with Crippen LogP contribution in [0.5, 0.6) is 0 Å². The van der Waals surface area contributed by atoms with Gasteiger partial charge in [-0.3, -0.25) is 4.79 Å². The Morgan fingerprint density at radius 3 is 2.59 bits per heavy atom. The predicted molar refractivity (Wildman–Crippen MR) is 113 cm³/mol. The Morgan fingerprint density at radius 1 is 1.07 bits per heavy atom. The number of aryl methyl sites for hydroxylation is 1. The van der Waals surface area contributed by atoms with Crippen LogP contribution in [-0.4, -0.2) is 29.9 Å². The third-order valence-corrected chi connectivity index (χ3v) is 5.09. The average molecular weight is 412 g/mol. The number of hydrogen-bond acceptors (Lipinski definition) is 5. The van der Waals surface area contributed by atoms with Crippen molar-refractivity contribution in [1.82, 2.24) is 10.3 Å². The monoisotopic (exact) mass is 412 g/mol. The first-order valence-electron chi connectivity index (χ1n) is 9.13. The first-order valence-corrected chi connectivity index (χ1v) is 9.95. The smallest absolute Gasteiger partial charge is 0.319 e. The van der Waals surface area contributed by atoms with Gasteiger partial charge in [0.25, 0.3) is 0 Å². The maximum atomic E-state index is 12.8. The topological polar surface area (TPSA) is 83.1 Å². The second-order valence-corrected chi connectivity index (χ2v) is 7.37. The Bertz CT molecular complexity index is 988. The van der Waals surface area contributed by atoms with E-state index in [1.165, 1.54) is 35.6 Å². The molecule has 0 bridgehead atoms. The summed E-state index contributed by atoms with van der Waals surface area (Å²) in [4.78, 5) is 29.2. The summed E-state index contributed by atoms with van der Waals surface area (Å²) in [7, 11) is 0. The molecule has 0 aliphatic rings. The summed E-state index contributed by atoms with van der Waals surface area (Å²) >= 11 is 1.31. The molecule has 0 unspecified atom stereocenters. The Balaban J connectivity index is 1.39. The Morgan fingerprint density at radius 2 is 1.83 bits per heavy atom. The van der Waals surface area contributed by atoms with E-state index in [4.69, 9.17) is 0 Å². The SMILES string of the molecule is Cc1ccccc1C(=O)c1cnc(NCCCNC(=O)Nc2ccc(F)cc2)s1. The molecule has 0 atom stereocenters. The molecule has 0 aliphatic heterocycles. The summed E-state index contributed by atoms with van der Waals surface area (Å²) in [6.07, 6.45) is 2.26. The number of thiazole rings is 1. The van der Waals surface area contributed by atoms with Crippen molar-refractivity contribution in [3.63, 3.8) is 0 Å². The second-order valence-electron chi connectivity index (χ2n) is 6.34. The molecule has 8 heteroatoms. The molecule has 0 saturated heterocycles. The van der Waals surface area contributed by atoms with E-state index < -0.39 is 0 Å². The van der Waals surface area contributed by atoms with Gasteiger partial charge in [0, 0.05) is 24.3 Å². The van der Waals surface area contributed by atoms with E-state index in [0.29, 0.717) is 40.8 Å². The molecule has 2 aromatic carbocycles. The number of rotatable bonds is 8. The lowest BCUT2D eigenvalue weighted by Crippen LogP contribution is -2.30. The number of carbonyl (C=O) groups is 2. The van der Waals surface area contributed by atoms with Gasteiger partial charge in [-0.15, -0.1) is 0 Å². The minimum Gasteiger partial charge on any atom is -0.361 e. The van der Waals surface area contributed by atoms with Crippen molar-refractivity contribution < 1.29 is 14.0 Å². The number of carbonyl (C=O) groups excluding carboxylic acids is 2. The molecule has 1 aromatic heterocycles. The first kappa shape index (κ1) is 20.5. The van der Waals surface area contributed by atoms with Gasteiger partial charge in [0.05, 0.1) is 11.1 Å². The number of nitrogens with one attached hydrogen (secondary N) is 3. The number of aromatic nitrogens is 1. The molecule has 3 rings (SSSR count). The van der Waals surface area contributed by atoms with Crippen LogP contribution in [-0.2, 0) is 0 Å².